The van der Waals surface area contributed by atoms with Crippen molar-refractivity contribution >= 4 is 11.9 Å². The molecular weight excluding hydrogens is 182 g/mol. The molecule has 14 heavy (non-hydrogen) atoms. The van der Waals surface area contributed by atoms with Crippen LogP contribution >= 0.6 is 0 Å². The van der Waals surface area contributed by atoms with Crippen molar-refractivity contribution in [1.29, 1.82) is 5.41 Å². The summed E-state index contributed by atoms with van der Waals surface area (Å²) in [7, 11) is 1.83. The van der Waals surface area contributed by atoms with E-state index in [0.717, 1.165) is 11.3 Å². The van der Waals surface area contributed by atoms with Crippen molar-refractivity contribution < 1.29 is 4.79 Å². The summed E-state index contributed by atoms with van der Waals surface area (Å²) in [6, 6.07) is -0.709. The average molecular weight is 193 g/mol. The molecule has 6 heteroatoms. The van der Waals surface area contributed by atoms with E-state index in [1.54, 1.807) is 10.9 Å². The zero-order valence-electron chi connectivity index (χ0n) is 7.96. The maximum atomic E-state index is 11.0. The van der Waals surface area contributed by atoms with Crippen LogP contribution in [0, 0.1) is 12.3 Å². The Hall–Kier alpha value is -1.85. The van der Waals surface area contributed by atoms with Gasteiger partial charge in [-0.05, 0) is 6.92 Å². The first-order valence-electron chi connectivity index (χ1n) is 4.24. The second kappa shape index (κ2) is 2.83. The van der Waals surface area contributed by atoms with Gasteiger partial charge in [0.2, 0.25) is 0 Å². The largest absolute Gasteiger partial charge is 0.324 e. The SMILES string of the molecule is Cc1c(C2NC(=O)NC2=N)cnn1C. The number of carbonyl (C=O) groups is 1. The number of amides is 2. The summed E-state index contributed by atoms with van der Waals surface area (Å²) in [6.45, 7) is 1.90. The molecule has 1 fully saturated rings. The summed E-state index contributed by atoms with van der Waals surface area (Å²) in [5.74, 6) is 0.172. The molecule has 0 spiro atoms. The number of aryl methyl sites for hydroxylation is 1. The topological polar surface area (TPSA) is 82.8 Å². The Morgan fingerprint density at radius 3 is 2.79 bits per heavy atom. The summed E-state index contributed by atoms with van der Waals surface area (Å²) in [4.78, 5) is 11.0. The van der Waals surface area contributed by atoms with Gasteiger partial charge in [0.1, 0.15) is 11.9 Å². The van der Waals surface area contributed by atoms with Crippen molar-refractivity contribution in [1.82, 2.24) is 20.4 Å². The molecule has 3 N–H and O–H groups in total. The number of rotatable bonds is 1. The van der Waals surface area contributed by atoms with E-state index >= 15 is 0 Å². The van der Waals surface area contributed by atoms with E-state index in [4.69, 9.17) is 5.41 Å². The number of nitrogens with one attached hydrogen (secondary N) is 3. The van der Waals surface area contributed by atoms with Crippen LogP contribution in [0.5, 0.6) is 0 Å². The molecule has 74 valence electrons. The molecule has 1 unspecified atom stereocenters. The molecule has 0 saturated carbocycles. The highest BCUT2D eigenvalue weighted by molar-refractivity contribution is 6.06. The second-order valence-electron chi connectivity index (χ2n) is 3.25. The standard InChI is InChI=1S/C8H11N5O/c1-4-5(3-10-13(4)2)6-7(9)12-8(14)11-6/h3,6H,1-2H3,(H3,9,11,12,14). The Bertz CT molecular complexity index is 408. The number of carbonyl (C=O) groups excluding carboxylic acids is 1. The van der Waals surface area contributed by atoms with E-state index in [0.29, 0.717) is 0 Å². The van der Waals surface area contributed by atoms with Gasteiger partial charge in [0.05, 0.1) is 6.20 Å². The van der Waals surface area contributed by atoms with Crippen LogP contribution in [0.4, 0.5) is 4.79 Å². The Morgan fingerprint density at radius 1 is 1.64 bits per heavy atom. The number of urea groups is 1. The van der Waals surface area contributed by atoms with Crippen molar-refractivity contribution in [3.05, 3.63) is 17.5 Å². The smallest absolute Gasteiger partial charge is 0.321 e. The molecule has 1 aliphatic rings. The Morgan fingerprint density at radius 2 is 2.36 bits per heavy atom. The molecule has 1 aromatic heterocycles. The van der Waals surface area contributed by atoms with Gasteiger partial charge in [-0.3, -0.25) is 15.4 Å². The number of hydrogen-bond acceptors (Lipinski definition) is 3. The van der Waals surface area contributed by atoms with E-state index in [1.807, 2.05) is 14.0 Å². The first-order valence-corrected chi connectivity index (χ1v) is 4.24. The summed E-state index contributed by atoms with van der Waals surface area (Å²) in [5.41, 5.74) is 1.81. The maximum Gasteiger partial charge on any atom is 0.321 e. The van der Waals surface area contributed by atoms with Crippen LogP contribution in [0.25, 0.3) is 0 Å². The minimum absolute atomic E-state index is 0.172. The zero-order chi connectivity index (χ0) is 10.3. The summed E-state index contributed by atoms with van der Waals surface area (Å²) in [6.07, 6.45) is 1.67. The summed E-state index contributed by atoms with van der Waals surface area (Å²) >= 11 is 0. The van der Waals surface area contributed by atoms with Crippen LogP contribution < -0.4 is 10.6 Å². The van der Waals surface area contributed by atoms with E-state index in [1.165, 1.54) is 0 Å². The Kier molecular flexibility index (Phi) is 1.77. The number of aromatic nitrogens is 2. The molecule has 2 heterocycles. The first-order chi connectivity index (χ1) is 6.59. The van der Waals surface area contributed by atoms with Gasteiger partial charge in [0.15, 0.2) is 0 Å². The third-order valence-corrected chi connectivity index (χ3v) is 2.40. The Labute approximate surface area is 80.8 Å². The lowest BCUT2D eigenvalue weighted by Gasteiger charge is -2.07. The first kappa shape index (κ1) is 8.74. The van der Waals surface area contributed by atoms with Crippen LogP contribution in [-0.2, 0) is 7.05 Å². The lowest BCUT2D eigenvalue weighted by Crippen LogP contribution is -2.22. The van der Waals surface area contributed by atoms with Gasteiger partial charge >= 0.3 is 6.03 Å². The fraction of sp³-hybridized carbons (Fsp3) is 0.375. The molecule has 0 radical (unpaired) electrons. The average Bonchev–Trinajstić information content (AvgIpc) is 2.59. The molecule has 0 bridgehead atoms. The van der Waals surface area contributed by atoms with Gasteiger partial charge in [-0.25, -0.2) is 4.79 Å². The highest BCUT2D eigenvalue weighted by Gasteiger charge is 2.29. The van der Waals surface area contributed by atoms with Crippen LogP contribution in [0.1, 0.15) is 17.3 Å². The highest BCUT2D eigenvalue weighted by atomic mass is 16.2. The maximum absolute atomic E-state index is 11.0. The van der Waals surface area contributed by atoms with Crippen LogP contribution in [0.3, 0.4) is 0 Å². The fourth-order valence-corrected chi connectivity index (χ4v) is 1.47. The molecular formula is C8H11N5O. The van der Waals surface area contributed by atoms with Gasteiger partial charge in [-0.15, -0.1) is 0 Å². The molecule has 1 aliphatic heterocycles. The molecule has 2 amide bonds. The van der Waals surface area contributed by atoms with Crippen molar-refractivity contribution in [3.63, 3.8) is 0 Å². The van der Waals surface area contributed by atoms with Crippen molar-refractivity contribution in [2.75, 3.05) is 0 Å². The molecule has 6 nitrogen and oxygen atoms in total. The third-order valence-electron chi connectivity index (χ3n) is 2.40. The van der Waals surface area contributed by atoms with Gasteiger partial charge in [0.25, 0.3) is 0 Å². The van der Waals surface area contributed by atoms with Gasteiger partial charge in [-0.2, -0.15) is 5.10 Å². The summed E-state index contributed by atoms with van der Waals surface area (Å²) in [5, 5.41) is 16.7. The minimum Gasteiger partial charge on any atom is -0.324 e. The molecule has 0 aromatic carbocycles. The van der Waals surface area contributed by atoms with Crippen LogP contribution in [-0.4, -0.2) is 21.6 Å². The van der Waals surface area contributed by atoms with E-state index in [2.05, 4.69) is 15.7 Å². The predicted octanol–water partition coefficient (Wildman–Crippen LogP) is 0.0597. The van der Waals surface area contributed by atoms with Gasteiger partial charge < -0.3 is 5.32 Å². The second-order valence-corrected chi connectivity index (χ2v) is 3.25. The number of nitrogens with zero attached hydrogens (tertiary/aromatic N) is 2. The lowest BCUT2D eigenvalue weighted by atomic mass is 10.1. The quantitative estimate of drug-likeness (QED) is 0.589. The number of amidine groups is 1. The van der Waals surface area contributed by atoms with Gasteiger partial charge in [-0.1, -0.05) is 0 Å². The van der Waals surface area contributed by atoms with Gasteiger partial charge in [0, 0.05) is 18.3 Å². The van der Waals surface area contributed by atoms with Crippen molar-refractivity contribution in [2.24, 2.45) is 7.05 Å². The monoisotopic (exact) mass is 193 g/mol. The van der Waals surface area contributed by atoms with Crippen molar-refractivity contribution in [2.45, 2.75) is 13.0 Å². The minimum atomic E-state index is -0.379. The molecule has 1 atom stereocenters. The number of hydrogen-bond donors (Lipinski definition) is 3. The van der Waals surface area contributed by atoms with E-state index in [-0.39, 0.29) is 17.9 Å². The van der Waals surface area contributed by atoms with Crippen LogP contribution in [0.2, 0.25) is 0 Å². The van der Waals surface area contributed by atoms with Crippen LogP contribution in [0.15, 0.2) is 6.20 Å². The third kappa shape index (κ3) is 1.15. The van der Waals surface area contributed by atoms with Crippen molar-refractivity contribution in [3.8, 4) is 0 Å². The van der Waals surface area contributed by atoms with E-state index < -0.39 is 0 Å². The highest BCUT2D eigenvalue weighted by Crippen LogP contribution is 2.19. The molecule has 1 saturated heterocycles. The predicted molar refractivity (Wildman–Crippen MR) is 50.1 cm³/mol. The normalized spacial score (nSPS) is 20.9. The lowest BCUT2D eigenvalue weighted by molar-refractivity contribution is 0.248. The molecule has 0 aliphatic carbocycles. The Balaban J connectivity index is 2.36. The molecule has 1 aromatic rings. The summed E-state index contributed by atoms with van der Waals surface area (Å²) < 4.78 is 1.72. The van der Waals surface area contributed by atoms with E-state index in [9.17, 15) is 4.79 Å². The molecule has 2 rings (SSSR count). The fourth-order valence-electron chi connectivity index (χ4n) is 1.47. The zero-order valence-corrected chi connectivity index (χ0v) is 7.96.